The summed E-state index contributed by atoms with van der Waals surface area (Å²) in [7, 11) is 8.55. The van der Waals surface area contributed by atoms with Crippen molar-refractivity contribution in [2.75, 3.05) is 47.4 Å². The number of benzene rings is 4. The Morgan fingerprint density at radius 3 is 1.37 bits per heavy atom. The van der Waals surface area contributed by atoms with Crippen molar-refractivity contribution >= 4 is 58.5 Å². The molecular weight excluding hydrogens is 530 g/mol. The quantitative estimate of drug-likeness (QED) is 0.235. The monoisotopic (exact) mass is 562 g/mol. The third-order valence-electron chi connectivity index (χ3n) is 9.63. The van der Waals surface area contributed by atoms with Gasteiger partial charge in [-0.25, -0.2) is 4.98 Å². The average molecular weight is 562 g/mol. The molecule has 8 nitrogen and oxygen atoms in total. The van der Waals surface area contributed by atoms with Crippen molar-refractivity contribution in [3.05, 3.63) is 84.9 Å². The Labute approximate surface area is 252 Å². The largest absolute Gasteiger partial charge is 0.397 e. The summed E-state index contributed by atoms with van der Waals surface area (Å²) >= 11 is 0. The summed E-state index contributed by atoms with van der Waals surface area (Å²) in [5.41, 5.74) is 8.81. The number of fused-ring (bicyclic) bond motifs is 5. The third kappa shape index (κ3) is 3.68. The molecule has 0 spiro atoms. The van der Waals surface area contributed by atoms with Gasteiger partial charge in [-0.1, -0.05) is 36.4 Å². The summed E-state index contributed by atoms with van der Waals surface area (Å²) in [6, 6.07) is 29.9. The zero-order valence-electron chi connectivity index (χ0n) is 25.3. The van der Waals surface area contributed by atoms with Crippen LogP contribution in [0.15, 0.2) is 84.9 Å². The van der Waals surface area contributed by atoms with Crippen LogP contribution in [0.25, 0.3) is 50.5 Å². The molecule has 0 radical (unpaired) electrons. The van der Waals surface area contributed by atoms with E-state index in [0.29, 0.717) is 17.6 Å². The Balaban J connectivity index is 1.38. The Morgan fingerprint density at radius 1 is 0.488 bits per heavy atom. The van der Waals surface area contributed by atoms with Crippen LogP contribution in [0.2, 0.25) is 13.6 Å². The Kier molecular flexibility index (Phi) is 5.54. The molecule has 0 unspecified atom stereocenters. The predicted octanol–water partition coefficient (Wildman–Crippen LogP) is 6.31. The highest BCUT2D eigenvalue weighted by Crippen LogP contribution is 2.41. The zero-order valence-corrected chi connectivity index (χ0v) is 25.3. The standard InChI is InChI=1S/C33H32B2N8/c1-34-39(3)27-17-15-21(19-29(27)41(34)5)31-36-32(22-16-18-28-30(20-22)42(6)35(2)40(28)4)38-33(37-31)43-25-13-9-7-11-23(25)24-12-8-10-14-26(24)43/h7-20H,1-6H3. The Hall–Kier alpha value is -4.98. The molecule has 2 aliphatic heterocycles. The minimum Gasteiger partial charge on any atom is -0.397 e. The van der Waals surface area contributed by atoms with Crippen LogP contribution in [0.1, 0.15) is 0 Å². The smallest absolute Gasteiger partial charge is 0.371 e. The van der Waals surface area contributed by atoms with Gasteiger partial charge in [0.15, 0.2) is 11.6 Å². The molecule has 0 amide bonds. The number of hydrogen-bond donors (Lipinski definition) is 0. The van der Waals surface area contributed by atoms with Crippen molar-refractivity contribution in [2.24, 2.45) is 0 Å². The van der Waals surface area contributed by atoms with Gasteiger partial charge in [-0.15, -0.1) is 0 Å². The Morgan fingerprint density at radius 2 is 0.907 bits per heavy atom. The SMILES string of the molecule is CB1N(C)c2ccc(-c3nc(-c4ccc5c(c4)N(C)B(C)N5C)nc(-n4c5ccccc5c5ccccc54)n3)cc2N1C. The normalized spacial score (nSPS) is 14.5. The molecule has 0 saturated heterocycles. The van der Waals surface area contributed by atoms with E-state index >= 15 is 0 Å². The fourth-order valence-corrected chi connectivity index (χ4v) is 6.67. The number of anilines is 4. The van der Waals surface area contributed by atoms with E-state index < -0.39 is 0 Å². The predicted molar refractivity (Wildman–Crippen MR) is 182 cm³/mol. The summed E-state index contributed by atoms with van der Waals surface area (Å²) < 4.78 is 2.17. The molecule has 43 heavy (non-hydrogen) atoms. The number of hydrogen-bond acceptors (Lipinski definition) is 7. The van der Waals surface area contributed by atoms with E-state index in [1.165, 1.54) is 33.5 Å². The van der Waals surface area contributed by atoms with E-state index in [9.17, 15) is 0 Å². The summed E-state index contributed by atoms with van der Waals surface area (Å²) in [5.74, 6) is 1.91. The molecule has 0 fully saturated rings. The Bertz CT molecular complexity index is 1930. The second-order valence-electron chi connectivity index (χ2n) is 11.8. The second kappa shape index (κ2) is 9.26. The number of para-hydroxylation sites is 2. The molecule has 210 valence electrons. The van der Waals surface area contributed by atoms with Crippen molar-refractivity contribution in [3.63, 3.8) is 0 Å². The van der Waals surface area contributed by atoms with Gasteiger partial charge in [0.2, 0.25) is 5.95 Å². The van der Waals surface area contributed by atoms with E-state index in [0.717, 1.165) is 22.2 Å². The first-order valence-electron chi connectivity index (χ1n) is 14.8. The van der Waals surface area contributed by atoms with Gasteiger partial charge in [-0.05, 0) is 90.4 Å². The highest BCUT2D eigenvalue weighted by atomic mass is 15.3. The van der Waals surface area contributed by atoms with Gasteiger partial charge in [0.05, 0.1) is 11.0 Å². The molecular formula is C33H32B2N8. The molecule has 8 rings (SSSR count). The number of nitrogens with zero attached hydrogens (tertiary/aromatic N) is 8. The first-order chi connectivity index (χ1) is 20.8. The summed E-state index contributed by atoms with van der Waals surface area (Å²) in [6.45, 7) is 4.97. The van der Waals surface area contributed by atoms with E-state index in [2.05, 4.69) is 151 Å². The molecule has 4 heterocycles. The lowest BCUT2D eigenvalue weighted by molar-refractivity contribution is 0.953. The lowest BCUT2D eigenvalue weighted by atomic mass is 9.78. The summed E-state index contributed by atoms with van der Waals surface area (Å²) in [6.07, 6.45) is 0. The van der Waals surface area contributed by atoms with Crippen LogP contribution < -0.4 is 19.2 Å². The number of rotatable bonds is 3. The first-order valence-corrected chi connectivity index (χ1v) is 14.8. The van der Waals surface area contributed by atoms with E-state index in [-0.39, 0.29) is 14.0 Å². The maximum absolute atomic E-state index is 5.16. The van der Waals surface area contributed by atoms with Crippen molar-refractivity contribution < 1.29 is 0 Å². The minimum absolute atomic E-state index is 0.274. The van der Waals surface area contributed by atoms with Gasteiger partial charge in [-0.3, -0.25) is 4.57 Å². The molecule has 0 saturated carbocycles. The zero-order chi connectivity index (χ0) is 29.6. The van der Waals surface area contributed by atoms with Gasteiger partial charge in [0, 0.05) is 44.6 Å². The van der Waals surface area contributed by atoms with Crippen LogP contribution in [0, 0.1) is 0 Å². The summed E-state index contributed by atoms with van der Waals surface area (Å²) in [4.78, 5) is 24.6. The fourth-order valence-electron chi connectivity index (χ4n) is 6.67. The topological polar surface area (TPSA) is 56.6 Å². The molecule has 0 bridgehead atoms. The molecule has 2 aromatic heterocycles. The van der Waals surface area contributed by atoms with Crippen molar-refractivity contribution in [1.82, 2.24) is 19.5 Å². The lowest BCUT2D eigenvalue weighted by Crippen LogP contribution is -2.41. The molecule has 2 aliphatic rings. The van der Waals surface area contributed by atoms with Gasteiger partial charge >= 0.3 is 14.0 Å². The summed E-state index contributed by atoms with van der Waals surface area (Å²) in [5, 5.41) is 2.35. The van der Waals surface area contributed by atoms with Gasteiger partial charge in [0.25, 0.3) is 0 Å². The third-order valence-corrected chi connectivity index (χ3v) is 9.63. The highest BCUT2D eigenvalue weighted by molar-refractivity contribution is 6.69. The van der Waals surface area contributed by atoms with Gasteiger partial charge in [0.1, 0.15) is 0 Å². The van der Waals surface area contributed by atoms with Crippen LogP contribution in [-0.4, -0.2) is 61.7 Å². The fraction of sp³-hybridized carbons (Fsp3) is 0.182. The van der Waals surface area contributed by atoms with Gasteiger partial charge in [-0.2, -0.15) is 9.97 Å². The maximum atomic E-state index is 5.16. The van der Waals surface area contributed by atoms with E-state index in [1.54, 1.807) is 0 Å². The van der Waals surface area contributed by atoms with Crippen LogP contribution in [-0.2, 0) is 0 Å². The second-order valence-corrected chi connectivity index (χ2v) is 11.8. The first kappa shape index (κ1) is 25.7. The highest BCUT2D eigenvalue weighted by Gasteiger charge is 2.33. The molecule has 0 N–H and O–H groups in total. The molecule has 6 aromatic rings. The maximum Gasteiger partial charge on any atom is 0.371 e. The minimum atomic E-state index is 0.274. The molecule has 4 aromatic carbocycles. The number of aromatic nitrogens is 4. The van der Waals surface area contributed by atoms with Gasteiger partial charge < -0.3 is 19.2 Å². The van der Waals surface area contributed by atoms with E-state index in [4.69, 9.17) is 15.0 Å². The van der Waals surface area contributed by atoms with Crippen LogP contribution in [0.5, 0.6) is 0 Å². The lowest BCUT2D eigenvalue weighted by Gasteiger charge is -2.18. The van der Waals surface area contributed by atoms with Crippen molar-refractivity contribution in [2.45, 2.75) is 13.6 Å². The van der Waals surface area contributed by atoms with Crippen LogP contribution in [0.4, 0.5) is 22.7 Å². The molecule has 0 atom stereocenters. The van der Waals surface area contributed by atoms with Crippen molar-refractivity contribution in [1.29, 1.82) is 0 Å². The van der Waals surface area contributed by atoms with E-state index in [1.807, 2.05) is 0 Å². The molecule has 0 aliphatic carbocycles. The molecule has 10 heteroatoms. The van der Waals surface area contributed by atoms with Crippen LogP contribution >= 0.6 is 0 Å². The van der Waals surface area contributed by atoms with Crippen LogP contribution in [0.3, 0.4) is 0 Å². The average Bonchev–Trinajstić information content (AvgIpc) is 3.58. The van der Waals surface area contributed by atoms with Crippen molar-refractivity contribution in [3.8, 4) is 28.7 Å².